The number of nitro groups is 2. The third-order valence-electron chi connectivity index (χ3n) is 5.46. The van der Waals surface area contributed by atoms with Crippen LogP contribution >= 0.6 is 27.3 Å². The van der Waals surface area contributed by atoms with E-state index < -0.39 is 39.0 Å². The highest BCUT2D eigenvalue weighted by Gasteiger charge is 2.36. The van der Waals surface area contributed by atoms with Crippen LogP contribution in [0.4, 0.5) is 30.2 Å². The molecule has 0 spiro atoms. The number of hydrogen-bond donors (Lipinski definition) is 1. The molecule has 208 valence electrons. The van der Waals surface area contributed by atoms with Crippen LogP contribution in [0.25, 0.3) is 16.2 Å². The highest BCUT2D eigenvalue weighted by molar-refractivity contribution is 9.10. The van der Waals surface area contributed by atoms with Crippen molar-refractivity contribution < 1.29 is 32.5 Å². The first-order valence-electron chi connectivity index (χ1n) is 11.1. The first-order chi connectivity index (χ1) is 19.4. The van der Waals surface area contributed by atoms with Crippen LogP contribution in [0.15, 0.2) is 70.5 Å². The predicted octanol–water partition coefficient (Wildman–Crippen LogP) is 7.10. The zero-order valence-electron chi connectivity index (χ0n) is 20.0. The molecule has 1 amide bonds. The lowest BCUT2D eigenvalue weighted by Crippen LogP contribution is -2.15. The molecule has 2 aromatic carbocycles. The van der Waals surface area contributed by atoms with Gasteiger partial charge in [0.05, 0.1) is 43.1 Å². The molecule has 0 fully saturated rings. The highest BCUT2D eigenvalue weighted by Crippen LogP contribution is 2.36. The summed E-state index contributed by atoms with van der Waals surface area (Å²) >= 11 is 4.36. The number of nitro benzene ring substituents is 2. The van der Waals surface area contributed by atoms with E-state index in [1.807, 2.05) is 0 Å². The molecule has 17 heteroatoms. The second-order valence-electron chi connectivity index (χ2n) is 8.18. The van der Waals surface area contributed by atoms with Crippen molar-refractivity contribution in [3.05, 3.63) is 102 Å². The van der Waals surface area contributed by atoms with Gasteiger partial charge >= 0.3 is 6.18 Å². The summed E-state index contributed by atoms with van der Waals surface area (Å²) in [5.41, 5.74) is -2.48. The molecule has 0 aliphatic heterocycles. The van der Waals surface area contributed by atoms with Crippen molar-refractivity contribution in [2.75, 3.05) is 5.32 Å². The quantitative estimate of drug-likeness (QED) is 0.145. The van der Waals surface area contributed by atoms with Crippen LogP contribution in [0, 0.1) is 20.2 Å². The van der Waals surface area contributed by atoms with E-state index >= 15 is 0 Å². The van der Waals surface area contributed by atoms with Crippen LogP contribution in [-0.2, 0) is 6.18 Å². The Labute approximate surface area is 238 Å². The Morgan fingerprint density at radius 1 is 1.00 bits per heavy atom. The summed E-state index contributed by atoms with van der Waals surface area (Å²) in [5.74, 6) is -0.866. The zero-order chi connectivity index (χ0) is 29.5. The summed E-state index contributed by atoms with van der Waals surface area (Å²) in [7, 11) is 0. The molecule has 3 heterocycles. The van der Waals surface area contributed by atoms with Crippen LogP contribution < -0.4 is 10.1 Å². The number of ether oxygens (including phenoxy) is 1. The Morgan fingerprint density at radius 2 is 1.66 bits per heavy atom. The van der Waals surface area contributed by atoms with E-state index in [1.54, 1.807) is 17.5 Å². The van der Waals surface area contributed by atoms with Gasteiger partial charge in [0.2, 0.25) is 0 Å². The molecular weight excluding hydrogens is 637 g/mol. The number of hydrogen-bond acceptors (Lipinski definition) is 9. The Kier molecular flexibility index (Phi) is 7.14. The fourth-order valence-electron chi connectivity index (χ4n) is 3.66. The van der Waals surface area contributed by atoms with E-state index in [4.69, 9.17) is 4.74 Å². The van der Waals surface area contributed by atoms with Gasteiger partial charge in [-0.05, 0) is 57.7 Å². The molecule has 3 aromatic heterocycles. The number of carbonyl (C=O) groups excluding carboxylic acids is 1. The maximum atomic E-state index is 13.9. The fraction of sp³-hybridized carbons (Fsp3) is 0.0417. The van der Waals surface area contributed by atoms with Crippen LogP contribution in [0.3, 0.4) is 0 Å². The molecule has 0 unspecified atom stereocenters. The maximum absolute atomic E-state index is 13.9. The average molecular weight is 649 g/mol. The average Bonchev–Trinajstić information content (AvgIpc) is 3.57. The van der Waals surface area contributed by atoms with Gasteiger partial charge in [0, 0.05) is 5.69 Å². The molecule has 12 nitrogen and oxygen atoms in total. The summed E-state index contributed by atoms with van der Waals surface area (Å²) in [5, 5.41) is 30.2. The number of amides is 1. The molecule has 0 saturated heterocycles. The number of anilines is 1. The van der Waals surface area contributed by atoms with E-state index in [9.17, 15) is 38.2 Å². The lowest BCUT2D eigenvalue weighted by Gasteiger charge is -2.10. The van der Waals surface area contributed by atoms with Crippen LogP contribution in [0.2, 0.25) is 0 Å². The van der Waals surface area contributed by atoms with Crippen LogP contribution in [0.1, 0.15) is 16.2 Å². The SMILES string of the molecule is O=C(Nc1ccc(Oc2cc([N+](=O)[O-])cc([N+](=O)[O-])c2)cc1)c1nn2c(C(F)(F)F)cc(-c3cccs3)nc2c1Br. The minimum atomic E-state index is -4.79. The van der Waals surface area contributed by atoms with Gasteiger partial charge in [-0.1, -0.05) is 6.07 Å². The lowest BCUT2D eigenvalue weighted by atomic mass is 10.2. The van der Waals surface area contributed by atoms with E-state index in [0.717, 1.165) is 24.3 Å². The second kappa shape index (κ2) is 10.6. The number of non-ortho nitro benzene ring substituents is 2. The first kappa shape index (κ1) is 27.7. The molecule has 0 aliphatic rings. The van der Waals surface area contributed by atoms with Gasteiger partial charge in [-0.2, -0.15) is 18.3 Å². The number of aromatic nitrogens is 3. The minimum absolute atomic E-state index is 0.0499. The van der Waals surface area contributed by atoms with Crippen molar-refractivity contribution in [1.82, 2.24) is 14.6 Å². The van der Waals surface area contributed by atoms with Crippen LogP contribution in [-0.4, -0.2) is 30.4 Å². The Hall–Kier alpha value is -4.90. The normalized spacial score (nSPS) is 11.4. The number of thiophene rings is 1. The molecule has 0 saturated carbocycles. The molecule has 41 heavy (non-hydrogen) atoms. The summed E-state index contributed by atoms with van der Waals surface area (Å²) < 4.78 is 47.6. The topological polar surface area (TPSA) is 155 Å². The molecular formula is C24H12BrF3N6O6S. The minimum Gasteiger partial charge on any atom is -0.457 e. The Morgan fingerprint density at radius 3 is 2.22 bits per heavy atom. The number of nitrogens with zero attached hydrogens (tertiary/aromatic N) is 5. The van der Waals surface area contributed by atoms with Gasteiger partial charge in [0.15, 0.2) is 17.0 Å². The van der Waals surface area contributed by atoms with Gasteiger partial charge in [0.1, 0.15) is 11.5 Å². The zero-order valence-corrected chi connectivity index (χ0v) is 22.4. The van der Waals surface area contributed by atoms with E-state index in [2.05, 4.69) is 31.3 Å². The van der Waals surface area contributed by atoms with Crippen molar-refractivity contribution in [3.8, 4) is 22.1 Å². The molecule has 0 atom stereocenters. The number of fused-ring (bicyclic) bond motifs is 1. The van der Waals surface area contributed by atoms with Crippen molar-refractivity contribution in [3.63, 3.8) is 0 Å². The Balaban J connectivity index is 1.40. The molecule has 0 aliphatic carbocycles. The summed E-state index contributed by atoms with van der Waals surface area (Å²) in [6.07, 6.45) is -4.79. The van der Waals surface area contributed by atoms with Crippen molar-refractivity contribution in [1.29, 1.82) is 0 Å². The maximum Gasteiger partial charge on any atom is 0.433 e. The smallest absolute Gasteiger partial charge is 0.433 e. The van der Waals surface area contributed by atoms with Gasteiger partial charge in [-0.3, -0.25) is 25.0 Å². The van der Waals surface area contributed by atoms with Crippen molar-refractivity contribution in [2.45, 2.75) is 6.18 Å². The summed E-state index contributed by atoms with van der Waals surface area (Å²) in [6, 6.07) is 12.5. The second-order valence-corrected chi connectivity index (χ2v) is 9.92. The molecule has 0 radical (unpaired) electrons. The van der Waals surface area contributed by atoms with Crippen molar-refractivity contribution >= 4 is 55.9 Å². The highest BCUT2D eigenvalue weighted by atomic mass is 79.9. The fourth-order valence-corrected chi connectivity index (χ4v) is 4.86. The van der Waals surface area contributed by atoms with Gasteiger partial charge in [-0.15, -0.1) is 11.3 Å². The standard InChI is InChI=1S/C24H12BrF3N6O6S/c25-20-21(31-32-19(24(26,27)28)11-17(30-22(20)32)18-2-1-7-41-18)23(35)29-12-3-5-15(6-4-12)40-16-9-13(33(36)37)8-14(10-16)34(38)39/h1-11H,(H,29,35). The lowest BCUT2D eigenvalue weighted by molar-refractivity contribution is -0.394. The molecule has 0 bridgehead atoms. The number of nitrogens with one attached hydrogen (secondary N) is 1. The monoisotopic (exact) mass is 648 g/mol. The largest absolute Gasteiger partial charge is 0.457 e. The molecule has 5 rings (SSSR count). The third kappa shape index (κ3) is 5.71. The molecule has 1 N–H and O–H groups in total. The number of carbonyl (C=O) groups is 1. The first-order valence-corrected chi connectivity index (χ1v) is 12.8. The molecule has 5 aromatic rings. The van der Waals surface area contributed by atoms with E-state index in [-0.39, 0.29) is 38.7 Å². The number of rotatable bonds is 7. The van der Waals surface area contributed by atoms with Crippen LogP contribution in [0.5, 0.6) is 11.5 Å². The third-order valence-corrected chi connectivity index (χ3v) is 7.08. The van der Waals surface area contributed by atoms with Gasteiger partial charge in [-0.25, -0.2) is 9.50 Å². The Bertz CT molecular complexity index is 1790. The van der Waals surface area contributed by atoms with Gasteiger partial charge < -0.3 is 10.1 Å². The van der Waals surface area contributed by atoms with E-state index in [0.29, 0.717) is 9.39 Å². The van der Waals surface area contributed by atoms with Crippen molar-refractivity contribution in [2.24, 2.45) is 0 Å². The number of alkyl halides is 3. The summed E-state index contributed by atoms with van der Waals surface area (Å²) in [6.45, 7) is 0. The van der Waals surface area contributed by atoms with Gasteiger partial charge in [0.25, 0.3) is 17.3 Å². The predicted molar refractivity (Wildman–Crippen MR) is 143 cm³/mol. The number of halogens is 4. The van der Waals surface area contributed by atoms with E-state index in [1.165, 1.54) is 35.6 Å². The summed E-state index contributed by atoms with van der Waals surface area (Å²) in [4.78, 5) is 38.3. The number of benzene rings is 2.